The number of amides is 1. The maximum Gasteiger partial charge on any atom is 0.247 e. The maximum atomic E-state index is 14.0. The molecule has 24 heavy (non-hydrogen) atoms. The number of nitrogens with zero attached hydrogens (tertiary/aromatic N) is 1. The van der Waals surface area contributed by atoms with Crippen LogP contribution in [0.15, 0.2) is 47.1 Å². The second-order valence-electron chi connectivity index (χ2n) is 5.95. The SMILES string of the molecule is O=C(C=Cc1ccco1)N(Cc1c(F)cccc1F)C1CCCC1. The minimum Gasteiger partial charge on any atom is -0.465 e. The van der Waals surface area contributed by atoms with Crippen LogP contribution < -0.4 is 0 Å². The fourth-order valence-electron chi connectivity index (χ4n) is 3.09. The van der Waals surface area contributed by atoms with Crippen molar-refractivity contribution in [3.05, 3.63) is 65.6 Å². The van der Waals surface area contributed by atoms with Gasteiger partial charge in [0.1, 0.15) is 17.4 Å². The van der Waals surface area contributed by atoms with Crippen LogP contribution >= 0.6 is 0 Å². The van der Waals surface area contributed by atoms with Gasteiger partial charge in [-0.1, -0.05) is 18.9 Å². The average molecular weight is 331 g/mol. The number of carbonyl (C=O) groups is 1. The third-order valence-corrected chi connectivity index (χ3v) is 4.37. The molecule has 1 aromatic carbocycles. The lowest BCUT2D eigenvalue weighted by molar-refractivity contribution is -0.128. The second kappa shape index (κ2) is 7.43. The highest BCUT2D eigenvalue weighted by atomic mass is 19.1. The predicted octanol–water partition coefficient (Wildman–Crippen LogP) is 4.54. The topological polar surface area (TPSA) is 33.5 Å². The molecule has 1 amide bonds. The first-order chi connectivity index (χ1) is 11.6. The van der Waals surface area contributed by atoms with Crippen LogP contribution in [0.3, 0.4) is 0 Å². The third-order valence-electron chi connectivity index (χ3n) is 4.37. The first-order valence-electron chi connectivity index (χ1n) is 8.10. The number of hydrogen-bond donors (Lipinski definition) is 0. The van der Waals surface area contributed by atoms with E-state index >= 15 is 0 Å². The Hall–Kier alpha value is -2.43. The summed E-state index contributed by atoms with van der Waals surface area (Å²) in [6, 6.07) is 7.24. The summed E-state index contributed by atoms with van der Waals surface area (Å²) < 4.78 is 33.1. The largest absolute Gasteiger partial charge is 0.465 e. The first kappa shape index (κ1) is 16.4. The van der Waals surface area contributed by atoms with E-state index in [0.717, 1.165) is 25.7 Å². The molecule has 1 heterocycles. The molecule has 1 aliphatic carbocycles. The molecule has 0 saturated heterocycles. The van der Waals surface area contributed by atoms with Crippen LogP contribution in [-0.2, 0) is 11.3 Å². The number of furan rings is 1. The molecule has 2 aromatic rings. The van der Waals surface area contributed by atoms with Gasteiger partial charge in [0.25, 0.3) is 0 Å². The number of carbonyl (C=O) groups excluding carboxylic acids is 1. The fourth-order valence-corrected chi connectivity index (χ4v) is 3.09. The summed E-state index contributed by atoms with van der Waals surface area (Å²) in [4.78, 5) is 14.2. The van der Waals surface area contributed by atoms with Gasteiger partial charge in [-0.25, -0.2) is 8.78 Å². The Morgan fingerprint density at radius 2 is 1.88 bits per heavy atom. The maximum absolute atomic E-state index is 14.0. The molecule has 0 N–H and O–H groups in total. The van der Waals surface area contributed by atoms with E-state index in [1.54, 1.807) is 23.1 Å². The normalized spacial score (nSPS) is 15.2. The van der Waals surface area contributed by atoms with Crippen molar-refractivity contribution in [3.63, 3.8) is 0 Å². The minimum atomic E-state index is -0.624. The van der Waals surface area contributed by atoms with Gasteiger partial charge in [-0.3, -0.25) is 4.79 Å². The molecule has 5 heteroatoms. The summed E-state index contributed by atoms with van der Waals surface area (Å²) in [6.07, 6.45) is 8.25. The summed E-state index contributed by atoms with van der Waals surface area (Å²) >= 11 is 0. The van der Waals surface area contributed by atoms with Crippen molar-refractivity contribution in [2.75, 3.05) is 0 Å². The molecule has 0 aliphatic heterocycles. The summed E-state index contributed by atoms with van der Waals surface area (Å²) in [5.41, 5.74) is -0.0656. The molecule has 0 unspecified atom stereocenters. The number of halogens is 2. The monoisotopic (exact) mass is 331 g/mol. The van der Waals surface area contributed by atoms with Crippen LogP contribution in [-0.4, -0.2) is 16.8 Å². The minimum absolute atomic E-state index is 0.0118. The fraction of sp³-hybridized carbons (Fsp3) is 0.316. The van der Waals surface area contributed by atoms with Gasteiger partial charge in [0.2, 0.25) is 5.91 Å². The Morgan fingerprint density at radius 3 is 2.50 bits per heavy atom. The molecule has 126 valence electrons. The molecular formula is C19H19F2NO2. The Kier molecular flexibility index (Phi) is 5.08. The van der Waals surface area contributed by atoms with E-state index in [1.165, 1.54) is 30.5 Å². The van der Waals surface area contributed by atoms with Crippen molar-refractivity contribution in [2.24, 2.45) is 0 Å². The quantitative estimate of drug-likeness (QED) is 0.754. The Labute approximate surface area is 139 Å². The van der Waals surface area contributed by atoms with Gasteiger partial charge in [-0.2, -0.15) is 0 Å². The second-order valence-corrected chi connectivity index (χ2v) is 5.95. The number of rotatable bonds is 5. The standard InChI is InChI=1S/C19H19F2NO2/c20-17-8-3-9-18(21)16(17)13-22(14-5-1-2-6-14)19(23)11-10-15-7-4-12-24-15/h3-4,7-12,14H,1-2,5-6,13H2. The molecule has 1 saturated carbocycles. The van der Waals surface area contributed by atoms with Crippen molar-refractivity contribution in [3.8, 4) is 0 Å². The first-order valence-corrected chi connectivity index (χ1v) is 8.10. The Bertz CT molecular complexity index is 699. The molecule has 0 atom stereocenters. The van der Waals surface area contributed by atoms with E-state index in [0.29, 0.717) is 5.76 Å². The Morgan fingerprint density at radius 1 is 1.17 bits per heavy atom. The van der Waals surface area contributed by atoms with E-state index in [-0.39, 0.29) is 24.1 Å². The molecule has 1 aromatic heterocycles. The average Bonchev–Trinajstić information content (AvgIpc) is 3.26. The van der Waals surface area contributed by atoms with Crippen LogP contribution in [0.4, 0.5) is 8.78 Å². The molecule has 3 nitrogen and oxygen atoms in total. The van der Waals surface area contributed by atoms with Crippen molar-refractivity contribution >= 4 is 12.0 Å². The molecule has 1 fully saturated rings. The highest BCUT2D eigenvalue weighted by Gasteiger charge is 2.27. The molecule has 3 rings (SSSR count). The summed E-state index contributed by atoms with van der Waals surface area (Å²) in [6.45, 7) is -0.0650. The molecule has 0 bridgehead atoms. The van der Waals surface area contributed by atoms with Crippen molar-refractivity contribution in [1.82, 2.24) is 4.90 Å². The van der Waals surface area contributed by atoms with E-state index in [9.17, 15) is 13.6 Å². The van der Waals surface area contributed by atoms with Crippen LogP contribution in [0.25, 0.3) is 6.08 Å². The zero-order valence-corrected chi connectivity index (χ0v) is 13.3. The lowest BCUT2D eigenvalue weighted by Crippen LogP contribution is -2.37. The van der Waals surface area contributed by atoms with Crippen LogP contribution in [0, 0.1) is 11.6 Å². The molecular weight excluding hydrogens is 312 g/mol. The van der Waals surface area contributed by atoms with Crippen molar-refractivity contribution < 1.29 is 18.0 Å². The summed E-state index contributed by atoms with van der Waals surface area (Å²) in [5.74, 6) is -0.950. The highest BCUT2D eigenvalue weighted by Crippen LogP contribution is 2.26. The van der Waals surface area contributed by atoms with Gasteiger partial charge in [0.05, 0.1) is 12.8 Å². The van der Waals surface area contributed by atoms with E-state index in [4.69, 9.17) is 4.42 Å². The van der Waals surface area contributed by atoms with Gasteiger partial charge in [0.15, 0.2) is 0 Å². The van der Waals surface area contributed by atoms with Crippen molar-refractivity contribution in [1.29, 1.82) is 0 Å². The molecule has 0 radical (unpaired) electrons. The summed E-state index contributed by atoms with van der Waals surface area (Å²) in [7, 11) is 0. The van der Waals surface area contributed by atoms with Gasteiger partial charge in [-0.05, 0) is 43.2 Å². The predicted molar refractivity (Wildman–Crippen MR) is 86.9 cm³/mol. The van der Waals surface area contributed by atoms with E-state index in [2.05, 4.69) is 0 Å². The molecule has 0 spiro atoms. The van der Waals surface area contributed by atoms with Gasteiger partial charge < -0.3 is 9.32 Å². The van der Waals surface area contributed by atoms with Crippen LogP contribution in [0.5, 0.6) is 0 Å². The number of benzene rings is 1. The third kappa shape index (κ3) is 3.72. The van der Waals surface area contributed by atoms with Gasteiger partial charge in [-0.15, -0.1) is 0 Å². The number of hydrogen-bond acceptors (Lipinski definition) is 2. The Balaban J connectivity index is 1.82. The van der Waals surface area contributed by atoms with Gasteiger partial charge in [0, 0.05) is 17.7 Å². The van der Waals surface area contributed by atoms with E-state index < -0.39 is 11.6 Å². The van der Waals surface area contributed by atoms with Gasteiger partial charge >= 0.3 is 0 Å². The lowest BCUT2D eigenvalue weighted by atomic mass is 10.1. The molecule has 1 aliphatic rings. The van der Waals surface area contributed by atoms with Crippen LogP contribution in [0.1, 0.15) is 37.0 Å². The van der Waals surface area contributed by atoms with Crippen LogP contribution in [0.2, 0.25) is 0 Å². The van der Waals surface area contributed by atoms with E-state index in [1.807, 2.05) is 0 Å². The highest BCUT2D eigenvalue weighted by molar-refractivity contribution is 5.91. The van der Waals surface area contributed by atoms with Crippen molar-refractivity contribution in [2.45, 2.75) is 38.3 Å². The summed E-state index contributed by atoms with van der Waals surface area (Å²) in [5, 5.41) is 0. The zero-order valence-electron chi connectivity index (χ0n) is 13.3. The lowest BCUT2D eigenvalue weighted by Gasteiger charge is -2.28. The zero-order chi connectivity index (χ0) is 16.9. The smallest absolute Gasteiger partial charge is 0.247 e.